The molecule has 0 saturated carbocycles. The second-order valence-electron chi connectivity index (χ2n) is 4.65. The average Bonchev–Trinajstić information content (AvgIpc) is 2.23. The van der Waals surface area contributed by atoms with Gasteiger partial charge in [0.2, 0.25) is 0 Å². The molecule has 18 heavy (non-hydrogen) atoms. The molecular weight excluding hydrogens is 250 g/mol. The van der Waals surface area contributed by atoms with Crippen molar-refractivity contribution in [2.24, 2.45) is 0 Å². The third kappa shape index (κ3) is 2.81. The maximum Gasteiger partial charge on any atom is 0.416 e. The lowest BCUT2D eigenvalue weighted by atomic mass is 10.00. The summed E-state index contributed by atoms with van der Waals surface area (Å²) in [4.78, 5) is 0. The van der Waals surface area contributed by atoms with Crippen molar-refractivity contribution in [1.82, 2.24) is 5.32 Å². The van der Waals surface area contributed by atoms with Crippen molar-refractivity contribution in [3.63, 3.8) is 0 Å². The second-order valence-corrected chi connectivity index (χ2v) is 4.65. The van der Waals surface area contributed by atoms with Gasteiger partial charge in [0.25, 0.3) is 0 Å². The first-order valence-corrected chi connectivity index (χ1v) is 5.50. The van der Waals surface area contributed by atoms with Crippen LogP contribution in [0.2, 0.25) is 0 Å². The third-order valence-corrected chi connectivity index (χ3v) is 2.95. The summed E-state index contributed by atoms with van der Waals surface area (Å²) in [7, 11) is 0. The van der Waals surface area contributed by atoms with E-state index in [4.69, 9.17) is 4.74 Å². The molecule has 2 rings (SSSR count). The largest absolute Gasteiger partial charge is 0.416 e. The number of benzene rings is 1. The van der Waals surface area contributed by atoms with Crippen LogP contribution < -0.4 is 5.32 Å². The molecule has 0 unspecified atom stereocenters. The Hall–Kier alpha value is -1.14. The molecule has 2 nitrogen and oxygen atoms in total. The summed E-state index contributed by atoms with van der Waals surface area (Å²) in [5.41, 5.74) is -1.20. The van der Waals surface area contributed by atoms with Gasteiger partial charge in [-0.1, -0.05) is 6.07 Å². The predicted molar refractivity (Wildman–Crippen MR) is 57.5 cm³/mol. The first kappa shape index (κ1) is 13.3. The lowest BCUT2D eigenvalue weighted by Crippen LogP contribution is -2.58. The molecule has 1 aromatic carbocycles. The lowest BCUT2D eigenvalue weighted by molar-refractivity contribution is -0.137. The van der Waals surface area contributed by atoms with Gasteiger partial charge in [-0.2, -0.15) is 13.2 Å². The van der Waals surface area contributed by atoms with Gasteiger partial charge in [0.15, 0.2) is 0 Å². The van der Waals surface area contributed by atoms with E-state index < -0.39 is 17.6 Å². The molecule has 1 aromatic rings. The number of hydrogen-bond donors (Lipinski definition) is 1. The van der Waals surface area contributed by atoms with Gasteiger partial charge in [0, 0.05) is 18.7 Å². The zero-order valence-electron chi connectivity index (χ0n) is 9.77. The van der Waals surface area contributed by atoms with E-state index >= 15 is 0 Å². The highest BCUT2D eigenvalue weighted by molar-refractivity contribution is 5.26. The summed E-state index contributed by atoms with van der Waals surface area (Å²) >= 11 is 0. The normalized spacial score (nSPS) is 18.5. The van der Waals surface area contributed by atoms with Gasteiger partial charge in [0.05, 0.1) is 17.8 Å². The molecular formula is C12H13F4NO. The maximum atomic E-state index is 13.5. The molecule has 1 fully saturated rings. The Morgan fingerprint density at radius 3 is 2.44 bits per heavy atom. The maximum absolute atomic E-state index is 13.5. The van der Waals surface area contributed by atoms with Gasteiger partial charge in [0.1, 0.15) is 5.82 Å². The molecule has 1 saturated heterocycles. The van der Waals surface area contributed by atoms with Crippen LogP contribution >= 0.6 is 0 Å². The van der Waals surface area contributed by atoms with E-state index in [0.717, 1.165) is 12.1 Å². The Labute approximate surface area is 102 Å². The minimum atomic E-state index is -4.52. The second kappa shape index (κ2) is 4.51. The summed E-state index contributed by atoms with van der Waals surface area (Å²) in [5, 5.41) is 3.01. The van der Waals surface area contributed by atoms with Gasteiger partial charge in [-0.15, -0.1) is 0 Å². The van der Waals surface area contributed by atoms with Crippen molar-refractivity contribution >= 4 is 0 Å². The number of ether oxygens (including phenoxy) is 1. The van der Waals surface area contributed by atoms with E-state index in [1.165, 1.54) is 0 Å². The number of halogens is 4. The van der Waals surface area contributed by atoms with Gasteiger partial charge < -0.3 is 10.1 Å². The molecule has 0 radical (unpaired) electrons. The smallest absolute Gasteiger partial charge is 0.368 e. The summed E-state index contributed by atoms with van der Waals surface area (Å²) in [6, 6.07) is 2.48. The molecule has 1 aliphatic heterocycles. The molecule has 1 N–H and O–H groups in total. The van der Waals surface area contributed by atoms with Gasteiger partial charge in [-0.3, -0.25) is 0 Å². The quantitative estimate of drug-likeness (QED) is 0.847. The fourth-order valence-electron chi connectivity index (χ4n) is 1.67. The highest BCUT2D eigenvalue weighted by Gasteiger charge is 2.33. The molecule has 0 amide bonds. The Balaban J connectivity index is 2.06. The van der Waals surface area contributed by atoms with Crippen LogP contribution in [0.15, 0.2) is 18.2 Å². The van der Waals surface area contributed by atoms with Crippen molar-refractivity contribution < 1.29 is 22.3 Å². The third-order valence-electron chi connectivity index (χ3n) is 2.95. The van der Waals surface area contributed by atoms with Crippen molar-refractivity contribution in [3.05, 3.63) is 35.1 Å². The van der Waals surface area contributed by atoms with Gasteiger partial charge >= 0.3 is 6.18 Å². The minimum Gasteiger partial charge on any atom is -0.368 e. The molecule has 0 aromatic heterocycles. The average molecular weight is 263 g/mol. The summed E-state index contributed by atoms with van der Waals surface area (Å²) in [5.74, 6) is -0.888. The van der Waals surface area contributed by atoms with Crippen molar-refractivity contribution in [2.45, 2.75) is 25.3 Å². The number of nitrogens with one attached hydrogen (secondary N) is 1. The molecule has 0 atom stereocenters. The van der Waals surface area contributed by atoms with Crippen molar-refractivity contribution in [2.75, 3.05) is 13.1 Å². The van der Waals surface area contributed by atoms with E-state index in [1.54, 1.807) is 0 Å². The van der Waals surface area contributed by atoms with E-state index in [0.29, 0.717) is 19.2 Å². The first-order chi connectivity index (χ1) is 8.30. The number of hydrogen-bond acceptors (Lipinski definition) is 2. The molecule has 1 heterocycles. The van der Waals surface area contributed by atoms with Crippen LogP contribution in [0.4, 0.5) is 17.6 Å². The number of alkyl halides is 3. The van der Waals surface area contributed by atoms with Crippen molar-refractivity contribution in [1.29, 1.82) is 0 Å². The van der Waals surface area contributed by atoms with Gasteiger partial charge in [-0.25, -0.2) is 4.39 Å². The molecule has 0 spiro atoms. The molecule has 100 valence electrons. The monoisotopic (exact) mass is 263 g/mol. The van der Waals surface area contributed by atoms with Crippen LogP contribution in [-0.4, -0.2) is 18.7 Å². The van der Waals surface area contributed by atoms with Gasteiger partial charge in [-0.05, 0) is 19.1 Å². The minimum absolute atomic E-state index is 0.0256. The summed E-state index contributed by atoms with van der Waals surface area (Å²) in [6.07, 6.45) is -4.52. The van der Waals surface area contributed by atoms with E-state index in [-0.39, 0.29) is 17.8 Å². The van der Waals surface area contributed by atoms with Crippen molar-refractivity contribution in [3.8, 4) is 0 Å². The van der Waals surface area contributed by atoms with E-state index in [2.05, 4.69) is 5.32 Å². The fraction of sp³-hybridized carbons (Fsp3) is 0.500. The Morgan fingerprint density at radius 2 is 2.00 bits per heavy atom. The van der Waals surface area contributed by atoms with E-state index in [1.807, 2.05) is 6.92 Å². The van der Waals surface area contributed by atoms with Crippen LogP contribution in [0.1, 0.15) is 18.1 Å². The SMILES string of the molecule is CC1(OCc2ccc(C(F)(F)F)cc2F)CNC1. The van der Waals surface area contributed by atoms with E-state index in [9.17, 15) is 17.6 Å². The Morgan fingerprint density at radius 1 is 1.33 bits per heavy atom. The zero-order chi connectivity index (χ0) is 13.4. The predicted octanol–water partition coefficient (Wildman–Crippen LogP) is 2.72. The Kier molecular flexibility index (Phi) is 3.33. The zero-order valence-corrected chi connectivity index (χ0v) is 9.77. The number of rotatable bonds is 3. The van der Waals surface area contributed by atoms with Crippen LogP contribution in [0.5, 0.6) is 0 Å². The standard InChI is InChI=1S/C12H13F4NO/c1-11(6-17-7-11)18-5-8-2-3-9(4-10(8)13)12(14,15)16/h2-4,17H,5-7H2,1H3. The van der Waals surface area contributed by atoms with Crippen LogP contribution in [0.3, 0.4) is 0 Å². The Bertz CT molecular complexity index is 440. The molecule has 0 aliphatic carbocycles. The summed E-state index contributed by atoms with van der Waals surface area (Å²) in [6.45, 7) is 3.16. The molecule has 6 heteroatoms. The highest BCUT2D eigenvalue weighted by atomic mass is 19.4. The fourth-order valence-corrected chi connectivity index (χ4v) is 1.67. The first-order valence-electron chi connectivity index (χ1n) is 5.50. The van der Waals surface area contributed by atoms with Crippen LogP contribution in [0.25, 0.3) is 0 Å². The topological polar surface area (TPSA) is 21.3 Å². The molecule has 0 bridgehead atoms. The van der Waals surface area contributed by atoms with Crippen LogP contribution in [0, 0.1) is 5.82 Å². The molecule has 1 aliphatic rings. The lowest BCUT2D eigenvalue weighted by Gasteiger charge is -2.39. The highest BCUT2D eigenvalue weighted by Crippen LogP contribution is 2.30. The van der Waals surface area contributed by atoms with Crippen LogP contribution in [-0.2, 0) is 17.5 Å². The summed E-state index contributed by atoms with van der Waals surface area (Å²) < 4.78 is 56.0.